The monoisotopic (exact) mass is 295 g/mol. The molecule has 0 saturated carbocycles. The van der Waals surface area contributed by atoms with Gasteiger partial charge in [-0.2, -0.15) is 5.10 Å². The van der Waals surface area contributed by atoms with E-state index in [-0.39, 0.29) is 5.41 Å². The minimum Gasteiger partial charge on any atom is -0.212 e. The van der Waals surface area contributed by atoms with Crippen LogP contribution in [0.1, 0.15) is 39.1 Å². The second kappa shape index (κ2) is 4.41. The highest BCUT2D eigenvalue weighted by molar-refractivity contribution is 9.10. The molecule has 0 aliphatic rings. The fraction of sp³-hybridized carbons (Fsp3) is 0.538. The largest absolute Gasteiger partial charge is 0.212 e. The molecule has 0 aromatic carbocycles. The van der Waals surface area contributed by atoms with E-state index >= 15 is 0 Å². The highest BCUT2D eigenvalue weighted by Gasteiger charge is 2.16. The van der Waals surface area contributed by atoms with Crippen LogP contribution in [0, 0.1) is 5.41 Å². The number of aromatic nitrogens is 3. The lowest BCUT2D eigenvalue weighted by Gasteiger charge is -2.14. The third-order valence-electron chi connectivity index (χ3n) is 2.59. The number of hydrogen-bond acceptors (Lipinski definition) is 2. The highest BCUT2D eigenvalue weighted by atomic mass is 79.9. The molecule has 92 valence electrons. The zero-order chi connectivity index (χ0) is 12.6. The fourth-order valence-electron chi connectivity index (χ4n) is 1.79. The lowest BCUT2D eigenvalue weighted by Crippen LogP contribution is -2.10. The van der Waals surface area contributed by atoms with Gasteiger partial charge in [0.1, 0.15) is 4.60 Å². The Balaban J connectivity index is 2.46. The summed E-state index contributed by atoms with van der Waals surface area (Å²) in [6.07, 6.45) is 1.90. The molecular formula is C13H18BrN3. The van der Waals surface area contributed by atoms with E-state index < -0.39 is 0 Å². The zero-order valence-electron chi connectivity index (χ0n) is 10.8. The summed E-state index contributed by atoms with van der Waals surface area (Å²) in [5, 5.41) is 4.53. The van der Waals surface area contributed by atoms with Crippen molar-refractivity contribution in [3.63, 3.8) is 0 Å². The Morgan fingerprint density at radius 1 is 1.29 bits per heavy atom. The van der Waals surface area contributed by atoms with E-state index in [1.54, 1.807) is 0 Å². The van der Waals surface area contributed by atoms with Gasteiger partial charge in [0, 0.05) is 6.42 Å². The highest BCUT2D eigenvalue weighted by Crippen LogP contribution is 2.21. The van der Waals surface area contributed by atoms with Gasteiger partial charge in [0.15, 0.2) is 11.5 Å². The van der Waals surface area contributed by atoms with E-state index in [2.05, 4.69) is 65.8 Å². The van der Waals surface area contributed by atoms with Crippen LogP contribution in [0.5, 0.6) is 0 Å². The van der Waals surface area contributed by atoms with Crippen LogP contribution in [0.25, 0.3) is 5.65 Å². The predicted octanol–water partition coefficient (Wildman–Crippen LogP) is 3.64. The third-order valence-corrected chi connectivity index (χ3v) is 3.16. The van der Waals surface area contributed by atoms with Crippen molar-refractivity contribution in [3.8, 4) is 0 Å². The second-order valence-corrected chi connectivity index (χ2v) is 6.39. The molecule has 0 atom stereocenters. The predicted molar refractivity (Wildman–Crippen MR) is 73.2 cm³/mol. The summed E-state index contributed by atoms with van der Waals surface area (Å²) in [4.78, 5) is 4.59. The maximum Gasteiger partial charge on any atom is 0.157 e. The molecular weight excluding hydrogens is 278 g/mol. The first-order chi connectivity index (χ1) is 7.89. The SMILES string of the molecule is CCc1cc(Br)n2nc(CC(C)(C)C)nc2c1. The number of pyridine rings is 1. The maximum absolute atomic E-state index is 4.59. The normalized spacial score (nSPS) is 12.3. The second-order valence-electron chi connectivity index (χ2n) is 5.58. The molecule has 2 aromatic heterocycles. The van der Waals surface area contributed by atoms with E-state index in [1.165, 1.54) is 5.56 Å². The minimum absolute atomic E-state index is 0.213. The molecule has 0 spiro atoms. The first kappa shape index (κ1) is 12.6. The summed E-state index contributed by atoms with van der Waals surface area (Å²) in [6.45, 7) is 8.74. The van der Waals surface area contributed by atoms with Gasteiger partial charge in [-0.3, -0.25) is 0 Å². The molecule has 4 heteroatoms. The number of nitrogens with zero attached hydrogens (tertiary/aromatic N) is 3. The molecule has 0 aliphatic carbocycles. The van der Waals surface area contributed by atoms with Crippen LogP contribution in [-0.2, 0) is 12.8 Å². The summed E-state index contributed by atoms with van der Waals surface area (Å²) in [7, 11) is 0. The van der Waals surface area contributed by atoms with Gasteiger partial charge in [0.2, 0.25) is 0 Å². The third kappa shape index (κ3) is 2.86. The van der Waals surface area contributed by atoms with E-state index in [1.807, 2.05) is 4.52 Å². The number of rotatable bonds is 2. The summed E-state index contributed by atoms with van der Waals surface area (Å²) in [6, 6.07) is 4.20. The minimum atomic E-state index is 0.213. The maximum atomic E-state index is 4.59. The van der Waals surface area contributed by atoms with Crippen molar-refractivity contribution in [2.24, 2.45) is 5.41 Å². The van der Waals surface area contributed by atoms with Gasteiger partial charge < -0.3 is 0 Å². The molecule has 2 aromatic rings. The molecule has 0 saturated heterocycles. The molecule has 2 rings (SSSR count). The lowest BCUT2D eigenvalue weighted by molar-refractivity contribution is 0.401. The first-order valence-electron chi connectivity index (χ1n) is 5.93. The van der Waals surface area contributed by atoms with E-state index in [4.69, 9.17) is 0 Å². The van der Waals surface area contributed by atoms with Crippen LogP contribution in [0.2, 0.25) is 0 Å². The summed E-state index contributed by atoms with van der Waals surface area (Å²) >= 11 is 3.54. The Bertz CT molecular complexity index is 537. The van der Waals surface area contributed by atoms with Gasteiger partial charge in [-0.25, -0.2) is 9.50 Å². The molecule has 17 heavy (non-hydrogen) atoms. The van der Waals surface area contributed by atoms with Crippen molar-refractivity contribution in [2.75, 3.05) is 0 Å². The molecule has 0 unspecified atom stereocenters. The molecule has 0 amide bonds. The standard InChI is InChI=1S/C13H18BrN3/c1-5-9-6-10(14)17-12(7-9)15-11(16-17)8-13(2,3)4/h6-7H,5,8H2,1-4H3. The first-order valence-corrected chi connectivity index (χ1v) is 6.72. The van der Waals surface area contributed by atoms with Gasteiger partial charge in [-0.15, -0.1) is 0 Å². The summed E-state index contributed by atoms with van der Waals surface area (Å²) in [5.74, 6) is 0.909. The molecule has 0 N–H and O–H groups in total. The number of halogens is 1. The van der Waals surface area contributed by atoms with Crippen molar-refractivity contribution in [2.45, 2.75) is 40.5 Å². The van der Waals surface area contributed by atoms with Crippen molar-refractivity contribution in [3.05, 3.63) is 28.1 Å². The van der Waals surface area contributed by atoms with Crippen LogP contribution < -0.4 is 0 Å². The van der Waals surface area contributed by atoms with Crippen LogP contribution in [0.3, 0.4) is 0 Å². The van der Waals surface area contributed by atoms with Crippen LogP contribution >= 0.6 is 15.9 Å². The quantitative estimate of drug-likeness (QED) is 0.792. The van der Waals surface area contributed by atoms with Gasteiger partial charge >= 0.3 is 0 Å². The zero-order valence-corrected chi connectivity index (χ0v) is 12.4. The van der Waals surface area contributed by atoms with Gasteiger partial charge in [0.25, 0.3) is 0 Å². The fourth-order valence-corrected chi connectivity index (χ4v) is 2.35. The van der Waals surface area contributed by atoms with Gasteiger partial charge in [-0.1, -0.05) is 27.7 Å². The van der Waals surface area contributed by atoms with Crippen LogP contribution in [0.15, 0.2) is 16.7 Å². The lowest BCUT2D eigenvalue weighted by atomic mass is 9.92. The van der Waals surface area contributed by atoms with Crippen molar-refractivity contribution < 1.29 is 0 Å². The molecule has 0 fully saturated rings. The average Bonchev–Trinajstić information content (AvgIpc) is 2.57. The Labute approximate surface area is 110 Å². The molecule has 0 radical (unpaired) electrons. The summed E-state index contributed by atoms with van der Waals surface area (Å²) < 4.78 is 2.83. The molecule has 0 aliphatic heterocycles. The molecule has 0 bridgehead atoms. The number of hydrogen-bond donors (Lipinski definition) is 0. The topological polar surface area (TPSA) is 30.2 Å². The Hall–Kier alpha value is -0.900. The van der Waals surface area contributed by atoms with Crippen molar-refractivity contribution in [1.29, 1.82) is 0 Å². The Morgan fingerprint density at radius 2 is 2.00 bits per heavy atom. The van der Waals surface area contributed by atoms with Crippen LogP contribution in [-0.4, -0.2) is 14.6 Å². The van der Waals surface area contributed by atoms with E-state index in [9.17, 15) is 0 Å². The van der Waals surface area contributed by atoms with Crippen molar-refractivity contribution in [1.82, 2.24) is 14.6 Å². The average molecular weight is 296 g/mol. The van der Waals surface area contributed by atoms with Crippen LogP contribution in [0.4, 0.5) is 0 Å². The van der Waals surface area contributed by atoms with Gasteiger partial charge in [0.05, 0.1) is 0 Å². The molecule has 3 nitrogen and oxygen atoms in total. The van der Waals surface area contributed by atoms with Crippen molar-refractivity contribution >= 4 is 21.6 Å². The van der Waals surface area contributed by atoms with E-state index in [0.29, 0.717) is 0 Å². The Kier molecular flexibility index (Phi) is 3.25. The Morgan fingerprint density at radius 3 is 2.59 bits per heavy atom. The summed E-state index contributed by atoms with van der Waals surface area (Å²) in [5.41, 5.74) is 2.42. The number of fused-ring (bicyclic) bond motifs is 1. The van der Waals surface area contributed by atoms with E-state index in [0.717, 1.165) is 28.9 Å². The van der Waals surface area contributed by atoms with Gasteiger partial charge in [-0.05, 0) is 45.5 Å². The molecule has 2 heterocycles. The number of aryl methyl sites for hydroxylation is 1. The smallest absolute Gasteiger partial charge is 0.157 e.